The SMILES string of the molecule is C[C@@H](OC(=O)c1csc(-c2ccccc2)n1)C(=O)c1ccc2c(c1)CCC2. The predicted molar refractivity (Wildman–Crippen MR) is 105 cm³/mol. The molecule has 0 aliphatic heterocycles. The summed E-state index contributed by atoms with van der Waals surface area (Å²) in [6.07, 6.45) is 2.36. The van der Waals surface area contributed by atoms with Crippen molar-refractivity contribution in [1.29, 1.82) is 0 Å². The Kier molecular flexibility index (Phi) is 4.86. The van der Waals surface area contributed by atoms with Crippen LogP contribution >= 0.6 is 11.3 Å². The monoisotopic (exact) mass is 377 g/mol. The summed E-state index contributed by atoms with van der Waals surface area (Å²) in [5.41, 5.74) is 4.31. The maximum absolute atomic E-state index is 12.6. The van der Waals surface area contributed by atoms with E-state index >= 15 is 0 Å². The lowest BCUT2D eigenvalue weighted by atomic mass is 10.0. The van der Waals surface area contributed by atoms with Crippen molar-refractivity contribution >= 4 is 23.1 Å². The van der Waals surface area contributed by atoms with Crippen LogP contribution in [0.25, 0.3) is 10.6 Å². The highest BCUT2D eigenvalue weighted by atomic mass is 32.1. The molecule has 0 N–H and O–H groups in total. The number of thiazole rings is 1. The summed E-state index contributed by atoms with van der Waals surface area (Å²) < 4.78 is 5.38. The van der Waals surface area contributed by atoms with Gasteiger partial charge in [0.1, 0.15) is 5.01 Å². The molecule has 0 spiro atoms. The Morgan fingerprint density at radius 2 is 1.85 bits per heavy atom. The molecule has 1 aliphatic rings. The fourth-order valence-electron chi connectivity index (χ4n) is 3.32. The Morgan fingerprint density at radius 1 is 1.07 bits per heavy atom. The van der Waals surface area contributed by atoms with Gasteiger partial charge in [-0.3, -0.25) is 4.79 Å². The lowest BCUT2D eigenvalue weighted by Gasteiger charge is -2.12. The topological polar surface area (TPSA) is 56.3 Å². The van der Waals surface area contributed by atoms with Crippen molar-refractivity contribution in [3.05, 3.63) is 76.3 Å². The molecule has 0 amide bonds. The molecule has 27 heavy (non-hydrogen) atoms. The predicted octanol–water partition coefficient (Wildman–Crippen LogP) is 4.73. The van der Waals surface area contributed by atoms with Crippen LogP contribution in [0, 0.1) is 0 Å². The molecule has 0 fully saturated rings. The molecule has 1 aromatic heterocycles. The number of fused-ring (bicyclic) bond motifs is 1. The average Bonchev–Trinajstić information content (AvgIpc) is 3.37. The largest absolute Gasteiger partial charge is 0.450 e. The Labute approximate surface area is 161 Å². The van der Waals surface area contributed by atoms with Gasteiger partial charge in [-0.15, -0.1) is 11.3 Å². The van der Waals surface area contributed by atoms with E-state index in [1.807, 2.05) is 48.5 Å². The molecule has 136 valence electrons. The minimum absolute atomic E-state index is 0.184. The number of Topliss-reactive ketones (excluding diaryl/α,β-unsaturated/α-hetero) is 1. The van der Waals surface area contributed by atoms with Crippen LogP contribution < -0.4 is 0 Å². The number of rotatable bonds is 5. The van der Waals surface area contributed by atoms with Gasteiger partial charge in [-0.1, -0.05) is 42.5 Å². The highest BCUT2D eigenvalue weighted by Gasteiger charge is 2.23. The van der Waals surface area contributed by atoms with Crippen LogP contribution in [0.15, 0.2) is 53.9 Å². The summed E-state index contributed by atoms with van der Waals surface area (Å²) in [6.45, 7) is 1.61. The van der Waals surface area contributed by atoms with E-state index in [-0.39, 0.29) is 11.5 Å². The first-order valence-corrected chi connectivity index (χ1v) is 9.88. The summed E-state index contributed by atoms with van der Waals surface area (Å²) in [6, 6.07) is 15.4. The van der Waals surface area contributed by atoms with Crippen LogP contribution in [-0.2, 0) is 17.6 Å². The number of aryl methyl sites for hydroxylation is 2. The second-order valence-corrected chi connectivity index (χ2v) is 7.51. The first-order valence-electron chi connectivity index (χ1n) is 9.00. The van der Waals surface area contributed by atoms with Gasteiger partial charge in [-0.05, 0) is 43.4 Å². The van der Waals surface area contributed by atoms with Crippen molar-refractivity contribution in [2.24, 2.45) is 0 Å². The molecule has 1 aliphatic carbocycles. The number of ketones is 1. The molecule has 0 saturated carbocycles. The molecule has 5 heteroatoms. The van der Waals surface area contributed by atoms with Crippen LogP contribution in [-0.4, -0.2) is 22.8 Å². The molecule has 4 nitrogen and oxygen atoms in total. The summed E-state index contributed by atoms with van der Waals surface area (Å²) in [5, 5.41) is 2.41. The number of carbonyl (C=O) groups is 2. The zero-order valence-electron chi connectivity index (χ0n) is 15.0. The highest BCUT2D eigenvalue weighted by molar-refractivity contribution is 7.13. The number of ether oxygens (including phenoxy) is 1. The summed E-state index contributed by atoms with van der Waals surface area (Å²) in [5.74, 6) is -0.757. The van der Waals surface area contributed by atoms with E-state index in [0.717, 1.165) is 29.8 Å². The maximum atomic E-state index is 12.6. The van der Waals surface area contributed by atoms with Gasteiger partial charge in [0.15, 0.2) is 11.8 Å². The maximum Gasteiger partial charge on any atom is 0.358 e. The Bertz CT molecular complexity index is 994. The van der Waals surface area contributed by atoms with Crippen molar-refractivity contribution in [1.82, 2.24) is 4.98 Å². The van der Waals surface area contributed by atoms with Crippen molar-refractivity contribution in [2.45, 2.75) is 32.3 Å². The van der Waals surface area contributed by atoms with E-state index in [2.05, 4.69) is 4.98 Å². The van der Waals surface area contributed by atoms with Gasteiger partial charge < -0.3 is 4.74 Å². The van der Waals surface area contributed by atoms with Gasteiger partial charge >= 0.3 is 5.97 Å². The Morgan fingerprint density at radius 3 is 2.67 bits per heavy atom. The third-order valence-corrected chi connectivity index (χ3v) is 5.66. The molecule has 1 atom stereocenters. The molecular formula is C22H19NO3S. The number of hydrogen-bond donors (Lipinski definition) is 0. The fourth-order valence-corrected chi connectivity index (χ4v) is 4.11. The van der Waals surface area contributed by atoms with Crippen molar-refractivity contribution < 1.29 is 14.3 Å². The van der Waals surface area contributed by atoms with Crippen molar-refractivity contribution in [3.8, 4) is 10.6 Å². The fraction of sp³-hybridized carbons (Fsp3) is 0.227. The molecule has 0 unspecified atom stereocenters. The zero-order chi connectivity index (χ0) is 18.8. The summed E-state index contributed by atoms with van der Waals surface area (Å²) >= 11 is 1.38. The van der Waals surface area contributed by atoms with Gasteiger partial charge in [0.25, 0.3) is 0 Å². The summed E-state index contributed by atoms with van der Waals surface area (Å²) in [4.78, 5) is 29.4. The normalized spacial score (nSPS) is 13.8. The third-order valence-electron chi connectivity index (χ3n) is 4.77. The number of nitrogens with zero attached hydrogens (tertiary/aromatic N) is 1. The molecule has 0 radical (unpaired) electrons. The van der Waals surface area contributed by atoms with Gasteiger partial charge in [-0.25, -0.2) is 9.78 Å². The highest BCUT2D eigenvalue weighted by Crippen LogP contribution is 2.25. The number of carbonyl (C=O) groups excluding carboxylic acids is 2. The Balaban J connectivity index is 1.45. The first kappa shape index (κ1) is 17.6. The van der Waals surface area contributed by atoms with Crippen molar-refractivity contribution in [3.63, 3.8) is 0 Å². The van der Waals surface area contributed by atoms with E-state index in [9.17, 15) is 9.59 Å². The van der Waals surface area contributed by atoms with Crippen LogP contribution in [0.5, 0.6) is 0 Å². The van der Waals surface area contributed by atoms with Crippen LogP contribution in [0.3, 0.4) is 0 Å². The molecule has 0 saturated heterocycles. The van der Waals surface area contributed by atoms with Gasteiger partial charge in [0.05, 0.1) is 0 Å². The lowest BCUT2D eigenvalue weighted by Crippen LogP contribution is -2.24. The van der Waals surface area contributed by atoms with Crippen LogP contribution in [0.4, 0.5) is 0 Å². The van der Waals surface area contributed by atoms with Crippen LogP contribution in [0.1, 0.15) is 45.3 Å². The smallest absolute Gasteiger partial charge is 0.358 e. The number of esters is 1. The Hall–Kier alpha value is -2.79. The average molecular weight is 377 g/mol. The minimum atomic E-state index is -0.848. The van der Waals surface area contributed by atoms with Crippen molar-refractivity contribution in [2.75, 3.05) is 0 Å². The minimum Gasteiger partial charge on any atom is -0.450 e. The molecule has 1 heterocycles. The first-order chi connectivity index (χ1) is 13.1. The second kappa shape index (κ2) is 7.45. The zero-order valence-corrected chi connectivity index (χ0v) is 15.8. The molecule has 3 aromatic rings. The number of hydrogen-bond acceptors (Lipinski definition) is 5. The summed E-state index contributed by atoms with van der Waals surface area (Å²) in [7, 11) is 0. The van der Waals surface area contributed by atoms with E-state index < -0.39 is 12.1 Å². The van der Waals surface area contributed by atoms with E-state index in [1.54, 1.807) is 12.3 Å². The van der Waals surface area contributed by atoms with E-state index in [0.29, 0.717) is 5.56 Å². The quantitative estimate of drug-likeness (QED) is 0.477. The van der Waals surface area contributed by atoms with Gasteiger partial charge in [0, 0.05) is 16.5 Å². The molecule has 0 bridgehead atoms. The van der Waals surface area contributed by atoms with Gasteiger partial charge in [0.2, 0.25) is 5.78 Å². The number of aromatic nitrogens is 1. The second-order valence-electron chi connectivity index (χ2n) is 6.65. The lowest BCUT2D eigenvalue weighted by molar-refractivity contribution is 0.0314. The molecular weight excluding hydrogens is 358 g/mol. The van der Waals surface area contributed by atoms with E-state index in [4.69, 9.17) is 4.74 Å². The standard InChI is InChI=1S/C22H19NO3S/c1-14(20(24)18-11-10-15-8-5-9-17(15)12-18)26-22(25)19-13-27-21(23-19)16-6-3-2-4-7-16/h2-4,6-7,10-14H,5,8-9H2,1H3/t14-/m1/s1. The molecule has 4 rings (SSSR count). The van der Waals surface area contributed by atoms with Crippen LogP contribution in [0.2, 0.25) is 0 Å². The number of benzene rings is 2. The third kappa shape index (κ3) is 3.69. The van der Waals surface area contributed by atoms with E-state index in [1.165, 1.54) is 22.5 Å². The molecule has 2 aromatic carbocycles. The van der Waals surface area contributed by atoms with Gasteiger partial charge in [-0.2, -0.15) is 0 Å².